The largest absolute Gasteiger partial charge is 0.287 e. The molecule has 64 valence electrons. The third kappa shape index (κ3) is 2.46. The van der Waals surface area contributed by atoms with Crippen LogP contribution in [0.25, 0.3) is 0 Å². The minimum atomic E-state index is -0.489. The van der Waals surface area contributed by atoms with Gasteiger partial charge < -0.3 is 0 Å². The van der Waals surface area contributed by atoms with Gasteiger partial charge in [0.1, 0.15) is 6.67 Å². The highest BCUT2D eigenvalue weighted by atomic mass is 19.1. The fourth-order valence-electron chi connectivity index (χ4n) is 1.02. The minimum absolute atomic E-state index is 0.0574. The zero-order valence-corrected chi connectivity index (χ0v) is 7.07. The predicted octanol–water partition coefficient (Wildman–Crippen LogP) is 2.79. The van der Waals surface area contributed by atoms with Crippen LogP contribution in [0.15, 0.2) is 35.3 Å². The second-order valence-corrected chi connectivity index (χ2v) is 2.57. The van der Waals surface area contributed by atoms with Crippen LogP contribution < -0.4 is 0 Å². The van der Waals surface area contributed by atoms with Gasteiger partial charge in [-0.15, -0.1) is 0 Å². The van der Waals surface area contributed by atoms with E-state index in [1.165, 1.54) is 6.21 Å². The average molecular weight is 165 g/mol. The Hall–Kier alpha value is -1.18. The van der Waals surface area contributed by atoms with E-state index in [9.17, 15) is 4.39 Å². The van der Waals surface area contributed by atoms with E-state index in [0.29, 0.717) is 0 Å². The molecular formula is C10H12FN. The van der Waals surface area contributed by atoms with Gasteiger partial charge in [0.2, 0.25) is 0 Å². The predicted molar refractivity (Wildman–Crippen MR) is 49.3 cm³/mol. The standard InChI is InChI=1S/C10H12FN/c1-9(12-8-7-11)10-5-3-2-4-6-10/h2-6,8-9H,7H2,1H3/t9-/m1/s1. The zero-order valence-electron chi connectivity index (χ0n) is 7.07. The molecule has 0 aromatic heterocycles. The van der Waals surface area contributed by atoms with Crippen LogP contribution in [0.4, 0.5) is 4.39 Å². The topological polar surface area (TPSA) is 12.4 Å². The SMILES string of the molecule is C[C@@H](N=CCF)c1ccccc1. The second-order valence-electron chi connectivity index (χ2n) is 2.57. The lowest BCUT2D eigenvalue weighted by molar-refractivity contribution is 0.585. The molecule has 0 saturated carbocycles. The molecule has 1 aromatic carbocycles. The van der Waals surface area contributed by atoms with Crippen molar-refractivity contribution in [3.8, 4) is 0 Å². The molecule has 0 aliphatic carbocycles. The molecular weight excluding hydrogens is 153 g/mol. The van der Waals surface area contributed by atoms with Crippen molar-refractivity contribution in [2.24, 2.45) is 4.99 Å². The molecule has 1 nitrogen and oxygen atoms in total. The van der Waals surface area contributed by atoms with Gasteiger partial charge >= 0.3 is 0 Å². The van der Waals surface area contributed by atoms with E-state index >= 15 is 0 Å². The van der Waals surface area contributed by atoms with Crippen LogP contribution in [0.2, 0.25) is 0 Å². The number of nitrogens with zero attached hydrogens (tertiary/aromatic N) is 1. The van der Waals surface area contributed by atoms with Crippen molar-refractivity contribution in [3.63, 3.8) is 0 Å². The summed E-state index contributed by atoms with van der Waals surface area (Å²) in [6.07, 6.45) is 1.30. The van der Waals surface area contributed by atoms with Gasteiger partial charge in [-0.25, -0.2) is 4.39 Å². The van der Waals surface area contributed by atoms with Gasteiger partial charge in [0.05, 0.1) is 6.04 Å². The molecule has 1 atom stereocenters. The van der Waals surface area contributed by atoms with Crippen LogP contribution in [0.5, 0.6) is 0 Å². The molecule has 1 rings (SSSR count). The number of hydrogen-bond donors (Lipinski definition) is 0. The van der Waals surface area contributed by atoms with Gasteiger partial charge in [-0.3, -0.25) is 4.99 Å². The van der Waals surface area contributed by atoms with Gasteiger partial charge in [0.25, 0.3) is 0 Å². The fraction of sp³-hybridized carbons (Fsp3) is 0.300. The first kappa shape index (κ1) is 8.91. The quantitative estimate of drug-likeness (QED) is 0.611. The average Bonchev–Trinajstić information content (AvgIpc) is 2.15. The van der Waals surface area contributed by atoms with Crippen molar-refractivity contribution in [1.82, 2.24) is 0 Å². The van der Waals surface area contributed by atoms with Gasteiger partial charge in [-0.1, -0.05) is 30.3 Å². The molecule has 0 aliphatic rings. The Balaban J connectivity index is 2.65. The Bertz CT molecular complexity index is 243. The van der Waals surface area contributed by atoms with E-state index in [1.807, 2.05) is 37.3 Å². The number of benzene rings is 1. The van der Waals surface area contributed by atoms with E-state index in [4.69, 9.17) is 0 Å². The molecule has 0 fully saturated rings. The summed E-state index contributed by atoms with van der Waals surface area (Å²) in [4.78, 5) is 4.01. The Kier molecular flexibility index (Phi) is 3.45. The maximum atomic E-state index is 11.7. The monoisotopic (exact) mass is 165 g/mol. The third-order valence-electron chi connectivity index (χ3n) is 1.68. The van der Waals surface area contributed by atoms with Gasteiger partial charge in [-0.05, 0) is 12.5 Å². The van der Waals surface area contributed by atoms with Crippen molar-refractivity contribution < 1.29 is 4.39 Å². The first-order chi connectivity index (χ1) is 5.84. The molecule has 0 N–H and O–H groups in total. The summed E-state index contributed by atoms with van der Waals surface area (Å²) < 4.78 is 11.7. The first-order valence-corrected chi connectivity index (χ1v) is 3.97. The molecule has 0 heterocycles. The summed E-state index contributed by atoms with van der Waals surface area (Å²) in [6, 6.07) is 9.89. The van der Waals surface area contributed by atoms with E-state index in [2.05, 4.69) is 4.99 Å². The summed E-state index contributed by atoms with van der Waals surface area (Å²) in [5.74, 6) is 0. The van der Waals surface area contributed by atoms with Gasteiger partial charge in [-0.2, -0.15) is 0 Å². The molecule has 0 aliphatic heterocycles. The third-order valence-corrected chi connectivity index (χ3v) is 1.68. The highest BCUT2D eigenvalue weighted by Gasteiger charge is 1.98. The van der Waals surface area contributed by atoms with Crippen molar-refractivity contribution in [2.75, 3.05) is 6.67 Å². The molecule has 1 aromatic rings. The molecule has 0 spiro atoms. The van der Waals surface area contributed by atoms with Crippen LogP contribution in [0, 0.1) is 0 Å². The summed E-state index contributed by atoms with van der Waals surface area (Å²) in [5.41, 5.74) is 1.11. The molecule has 0 radical (unpaired) electrons. The number of rotatable bonds is 3. The van der Waals surface area contributed by atoms with Crippen molar-refractivity contribution in [1.29, 1.82) is 0 Å². The van der Waals surface area contributed by atoms with Crippen LogP contribution in [0.3, 0.4) is 0 Å². The maximum Gasteiger partial charge on any atom is 0.124 e. The lowest BCUT2D eigenvalue weighted by Crippen LogP contribution is -1.89. The van der Waals surface area contributed by atoms with E-state index in [1.54, 1.807) is 0 Å². The van der Waals surface area contributed by atoms with Crippen LogP contribution >= 0.6 is 0 Å². The highest BCUT2D eigenvalue weighted by molar-refractivity contribution is 5.58. The highest BCUT2D eigenvalue weighted by Crippen LogP contribution is 2.14. The number of aliphatic imine (C=N–C) groups is 1. The van der Waals surface area contributed by atoms with Gasteiger partial charge in [0, 0.05) is 6.21 Å². The Morgan fingerprint density at radius 3 is 2.67 bits per heavy atom. The lowest BCUT2D eigenvalue weighted by Gasteiger charge is -2.04. The molecule has 2 heteroatoms. The van der Waals surface area contributed by atoms with Crippen LogP contribution in [-0.4, -0.2) is 12.9 Å². The van der Waals surface area contributed by atoms with Crippen LogP contribution in [-0.2, 0) is 0 Å². The number of alkyl halides is 1. The number of halogens is 1. The first-order valence-electron chi connectivity index (χ1n) is 3.97. The molecule has 0 saturated heterocycles. The van der Waals surface area contributed by atoms with E-state index in [-0.39, 0.29) is 6.04 Å². The second kappa shape index (κ2) is 4.65. The molecule has 12 heavy (non-hydrogen) atoms. The smallest absolute Gasteiger partial charge is 0.124 e. The fourth-order valence-corrected chi connectivity index (χ4v) is 1.02. The Labute approximate surface area is 72.0 Å². The maximum absolute atomic E-state index is 11.7. The molecule has 0 bridgehead atoms. The molecule has 0 amide bonds. The summed E-state index contributed by atoms with van der Waals surface area (Å²) >= 11 is 0. The Morgan fingerprint density at radius 2 is 2.08 bits per heavy atom. The van der Waals surface area contributed by atoms with Crippen LogP contribution in [0.1, 0.15) is 18.5 Å². The summed E-state index contributed by atoms with van der Waals surface area (Å²) in [6.45, 7) is 1.46. The minimum Gasteiger partial charge on any atom is -0.287 e. The summed E-state index contributed by atoms with van der Waals surface area (Å²) in [5, 5.41) is 0. The van der Waals surface area contributed by atoms with Crippen molar-refractivity contribution >= 4 is 6.21 Å². The lowest BCUT2D eigenvalue weighted by atomic mass is 10.1. The zero-order chi connectivity index (χ0) is 8.81. The molecule has 0 unspecified atom stereocenters. The summed E-state index contributed by atoms with van der Waals surface area (Å²) in [7, 11) is 0. The number of hydrogen-bond acceptors (Lipinski definition) is 1. The van der Waals surface area contributed by atoms with Gasteiger partial charge in [0.15, 0.2) is 0 Å². The van der Waals surface area contributed by atoms with E-state index in [0.717, 1.165) is 5.56 Å². The van der Waals surface area contributed by atoms with Crippen molar-refractivity contribution in [3.05, 3.63) is 35.9 Å². The Morgan fingerprint density at radius 1 is 1.42 bits per heavy atom. The van der Waals surface area contributed by atoms with E-state index < -0.39 is 6.67 Å². The normalized spacial score (nSPS) is 13.5. The van der Waals surface area contributed by atoms with Crippen molar-refractivity contribution in [2.45, 2.75) is 13.0 Å².